The zero-order valence-electron chi connectivity index (χ0n) is 12.3. The first-order valence-electron chi connectivity index (χ1n) is 7.05. The molecule has 24 heavy (non-hydrogen) atoms. The van der Waals surface area contributed by atoms with Gasteiger partial charge in [-0.05, 0) is 12.1 Å². The summed E-state index contributed by atoms with van der Waals surface area (Å²) in [5, 5.41) is -0.946. The molecule has 1 amide bonds. The van der Waals surface area contributed by atoms with Gasteiger partial charge in [0.15, 0.2) is 10.3 Å². The van der Waals surface area contributed by atoms with Crippen LogP contribution in [0.5, 0.6) is 0 Å². The Balaban J connectivity index is 0.00000169. The van der Waals surface area contributed by atoms with Crippen LogP contribution in [-0.2, 0) is 4.79 Å². The van der Waals surface area contributed by atoms with E-state index in [1.165, 1.54) is 0 Å². The third-order valence-electron chi connectivity index (χ3n) is 3.73. The normalized spacial score (nSPS) is 12.2. The number of carbonyl (C=O) groups is 1. The number of nitrogens with zero attached hydrogens (tertiary/aromatic N) is 2. The molecule has 1 atom stereocenters. The lowest BCUT2D eigenvalue weighted by molar-refractivity contribution is -0.117. The van der Waals surface area contributed by atoms with Gasteiger partial charge in [0.25, 0.3) is 0 Å². The molecule has 2 N–H and O–H groups in total. The molecule has 2 aromatic carbocycles. The number of imidazole rings is 1. The zero-order valence-corrected chi connectivity index (χ0v) is 14.7. The number of primary amides is 1. The molecule has 2 aromatic heterocycles. The van der Waals surface area contributed by atoms with Crippen LogP contribution in [0, 0.1) is 0 Å². The first-order chi connectivity index (χ1) is 11.2. The van der Waals surface area contributed by atoms with Gasteiger partial charge in [-0.15, -0.1) is 24.0 Å². The van der Waals surface area contributed by atoms with Crippen molar-refractivity contribution in [3.8, 4) is 11.3 Å². The van der Waals surface area contributed by atoms with E-state index in [0.29, 0.717) is 11.4 Å². The molecule has 2 heterocycles. The number of fused-ring (bicyclic) bond motifs is 3. The van der Waals surface area contributed by atoms with Crippen molar-refractivity contribution in [1.82, 2.24) is 9.38 Å². The van der Waals surface area contributed by atoms with Crippen LogP contribution in [0.15, 0.2) is 54.6 Å². The second-order valence-corrected chi connectivity index (χ2v) is 6.61. The number of amides is 1. The van der Waals surface area contributed by atoms with Gasteiger partial charge >= 0.3 is 0 Å². The van der Waals surface area contributed by atoms with Crippen molar-refractivity contribution in [3.05, 3.63) is 60.3 Å². The number of carbonyl (C=O) groups excluding carboxylic acids is 1. The number of halogens is 2. The summed E-state index contributed by atoms with van der Waals surface area (Å²) in [7, 11) is 0. The Morgan fingerprint density at radius 3 is 2.50 bits per heavy atom. The fraction of sp³-hybridized carbons (Fsp3) is 0.0588. The lowest BCUT2D eigenvalue weighted by Gasteiger charge is -2.08. The van der Waals surface area contributed by atoms with Crippen LogP contribution in [0.3, 0.4) is 0 Å². The van der Waals surface area contributed by atoms with Gasteiger partial charge in [0.05, 0.1) is 21.6 Å². The van der Waals surface area contributed by atoms with Crippen LogP contribution in [0.25, 0.3) is 26.4 Å². The second-order valence-electron chi connectivity index (χ2n) is 5.16. The monoisotopic (exact) mass is 377 g/mol. The van der Waals surface area contributed by atoms with E-state index < -0.39 is 11.3 Å². The highest BCUT2D eigenvalue weighted by molar-refractivity contribution is 7.23. The van der Waals surface area contributed by atoms with Crippen molar-refractivity contribution in [2.45, 2.75) is 5.38 Å². The number of benzene rings is 2. The minimum atomic E-state index is -0.946. The van der Waals surface area contributed by atoms with E-state index in [2.05, 4.69) is 0 Å². The Labute approximate surface area is 153 Å². The van der Waals surface area contributed by atoms with E-state index >= 15 is 0 Å². The standard InChI is InChI=1S/C17H12ClN3OS.ClH/c18-13(16(19)22)15-14(10-6-2-1-3-7-10)20-17-21(15)11-8-4-5-9-12(11)23-17;/h1-9,13H,(H2,19,22);1H. The molecule has 0 aliphatic carbocycles. The van der Waals surface area contributed by atoms with Crippen LogP contribution in [0.2, 0.25) is 0 Å². The predicted molar refractivity (Wildman–Crippen MR) is 101 cm³/mol. The van der Waals surface area contributed by atoms with Crippen LogP contribution in [-0.4, -0.2) is 15.3 Å². The molecule has 0 radical (unpaired) electrons. The molecule has 0 bridgehead atoms. The molecule has 4 aromatic rings. The number of thiazole rings is 1. The topological polar surface area (TPSA) is 60.4 Å². The number of alkyl halides is 1. The Morgan fingerprint density at radius 1 is 1.12 bits per heavy atom. The lowest BCUT2D eigenvalue weighted by Crippen LogP contribution is -2.18. The summed E-state index contributed by atoms with van der Waals surface area (Å²) in [6.45, 7) is 0. The highest BCUT2D eigenvalue weighted by atomic mass is 35.5. The van der Waals surface area contributed by atoms with Crippen LogP contribution >= 0.6 is 35.3 Å². The van der Waals surface area contributed by atoms with E-state index in [1.807, 2.05) is 59.0 Å². The average Bonchev–Trinajstić information content (AvgIpc) is 3.10. The van der Waals surface area contributed by atoms with Gasteiger partial charge in [-0.2, -0.15) is 0 Å². The largest absolute Gasteiger partial charge is 0.368 e. The molecule has 0 aliphatic rings. The average molecular weight is 378 g/mol. The van der Waals surface area contributed by atoms with Crippen LogP contribution in [0.1, 0.15) is 11.1 Å². The third-order valence-corrected chi connectivity index (χ3v) is 5.17. The van der Waals surface area contributed by atoms with E-state index in [4.69, 9.17) is 22.3 Å². The van der Waals surface area contributed by atoms with E-state index in [0.717, 1.165) is 20.7 Å². The molecule has 4 nitrogen and oxygen atoms in total. The number of nitrogens with two attached hydrogens (primary N) is 1. The summed E-state index contributed by atoms with van der Waals surface area (Å²) in [4.78, 5) is 17.2. The summed E-state index contributed by atoms with van der Waals surface area (Å²) in [5.41, 5.74) is 8.68. The number of para-hydroxylation sites is 1. The van der Waals surface area contributed by atoms with Gasteiger partial charge in [-0.1, -0.05) is 53.8 Å². The number of rotatable bonds is 3. The fourth-order valence-corrected chi connectivity index (χ4v) is 3.95. The van der Waals surface area contributed by atoms with E-state index in [1.54, 1.807) is 11.3 Å². The van der Waals surface area contributed by atoms with Gasteiger partial charge in [0.1, 0.15) is 0 Å². The molecule has 122 valence electrons. The molecule has 1 unspecified atom stereocenters. The van der Waals surface area contributed by atoms with Crippen LogP contribution in [0.4, 0.5) is 0 Å². The SMILES string of the molecule is Cl.NC(=O)C(Cl)c1c(-c2ccccc2)nc2sc3ccccc3n12. The summed E-state index contributed by atoms with van der Waals surface area (Å²) < 4.78 is 3.02. The van der Waals surface area contributed by atoms with Gasteiger partial charge in [-0.25, -0.2) is 4.98 Å². The minimum absolute atomic E-state index is 0. The number of hydrogen-bond acceptors (Lipinski definition) is 3. The first-order valence-corrected chi connectivity index (χ1v) is 8.31. The van der Waals surface area contributed by atoms with Crippen molar-refractivity contribution in [2.75, 3.05) is 0 Å². The van der Waals surface area contributed by atoms with Gasteiger partial charge in [0, 0.05) is 5.56 Å². The maximum atomic E-state index is 11.7. The van der Waals surface area contributed by atoms with Crippen molar-refractivity contribution < 1.29 is 4.79 Å². The minimum Gasteiger partial charge on any atom is -0.368 e. The molecule has 7 heteroatoms. The maximum Gasteiger partial charge on any atom is 0.241 e. The molecule has 0 saturated heterocycles. The zero-order chi connectivity index (χ0) is 16.0. The summed E-state index contributed by atoms with van der Waals surface area (Å²) >= 11 is 7.90. The molecular formula is C17H13Cl2N3OS. The smallest absolute Gasteiger partial charge is 0.241 e. The van der Waals surface area contributed by atoms with Gasteiger partial charge in [-0.3, -0.25) is 9.20 Å². The highest BCUT2D eigenvalue weighted by Crippen LogP contribution is 2.37. The van der Waals surface area contributed by atoms with Gasteiger partial charge in [0.2, 0.25) is 5.91 Å². The fourth-order valence-electron chi connectivity index (χ4n) is 2.72. The summed E-state index contributed by atoms with van der Waals surface area (Å²) in [5.74, 6) is -0.582. The van der Waals surface area contributed by atoms with Crippen molar-refractivity contribution in [2.24, 2.45) is 5.73 Å². The lowest BCUT2D eigenvalue weighted by atomic mass is 10.1. The van der Waals surface area contributed by atoms with E-state index in [-0.39, 0.29) is 12.4 Å². The van der Waals surface area contributed by atoms with Crippen molar-refractivity contribution in [3.63, 3.8) is 0 Å². The van der Waals surface area contributed by atoms with E-state index in [9.17, 15) is 4.79 Å². The molecular weight excluding hydrogens is 365 g/mol. The Hall–Kier alpha value is -2.08. The Bertz CT molecular complexity index is 1030. The Kier molecular flexibility index (Phi) is 4.49. The summed E-state index contributed by atoms with van der Waals surface area (Å²) in [6, 6.07) is 17.6. The van der Waals surface area contributed by atoms with Crippen molar-refractivity contribution >= 4 is 56.4 Å². The Morgan fingerprint density at radius 2 is 1.79 bits per heavy atom. The molecule has 0 aliphatic heterocycles. The predicted octanol–water partition coefficient (Wildman–Crippen LogP) is 4.40. The first kappa shape index (κ1) is 16.8. The summed E-state index contributed by atoms with van der Waals surface area (Å²) in [6.07, 6.45) is 0. The second kappa shape index (κ2) is 6.43. The molecule has 4 rings (SSSR count). The maximum absolute atomic E-state index is 11.7. The molecule has 0 saturated carbocycles. The third kappa shape index (κ3) is 2.55. The molecule has 0 spiro atoms. The van der Waals surface area contributed by atoms with Gasteiger partial charge < -0.3 is 5.73 Å². The number of hydrogen-bond donors (Lipinski definition) is 1. The molecule has 0 fully saturated rings. The number of aromatic nitrogens is 2. The van der Waals surface area contributed by atoms with Crippen molar-refractivity contribution in [1.29, 1.82) is 0 Å². The van der Waals surface area contributed by atoms with Crippen LogP contribution < -0.4 is 5.73 Å². The quantitative estimate of drug-likeness (QED) is 0.537. The highest BCUT2D eigenvalue weighted by Gasteiger charge is 2.26.